The standard InChI is InChI=1S/C18H32N4O.HI/c1-4-23-15-9-13-21-18(19-2)20-12-8-14-22(3)16-17-10-6-5-7-11-17;/h5-7,10-11H,4,8-9,12-16H2,1-3H3,(H2,19,20,21);1H. The van der Waals surface area contributed by atoms with Gasteiger partial charge in [-0.3, -0.25) is 4.99 Å². The van der Waals surface area contributed by atoms with E-state index in [0.717, 1.165) is 58.2 Å². The fraction of sp³-hybridized carbons (Fsp3) is 0.611. The molecule has 0 aliphatic carbocycles. The molecule has 24 heavy (non-hydrogen) atoms. The van der Waals surface area contributed by atoms with E-state index >= 15 is 0 Å². The number of aliphatic imine (C=N–C) groups is 1. The summed E-state index contributed by atoms with van der Waals surface area (Å²) in [5, 5.41) is 6.65. The van der Waals surface area contributed by atoms with Gasteiger partial charge in [0.15, 0.2) is 5.96 Å². The highest BCUT2D eigenvalue weighted by Gasteiger charge is 2.01. The fourth-order valence-electron chi connectivity index (χ4n) is 2.28. The van der Waals surface area contributed by atoms with Crippen molar-refractivity contribution < 1.29 is 4.74 Å². The minimum absolute atomic E-state index is 0. The largest absolute Gasteiger partial charge is 0.382 e. The van der Waals surface area contributed by atoms with E-state index in [1.807, 2.05) is 6.92 Å². The first-order valence-corrected chi connectivity index (χ1v) is 8.51. The molecule has 0 radical (unpaired) electrons. The molecular weight excluding hydrogens is 415 g/mol. The van der Waals surface area contributed by atoms with Crippen LogP contribution in [0.2, 0.25) is 0 Å². The molecule has 0 saturated carbocycles. The second-order valence-electron chi connectivity index (χ2n) is 5.55. The van der Waals surface area contributed by atoms with Gasteiger partial charge < -0.3 is 20.3 Å². The third-order valence-electron chi connectivity index (χ3n) is 3.49. The lowest BCUT2D eigenvalue weighted by Gasteiger charge is -2.17. The number of guanidine groups is 1. The van der Waals surface area contributed by atoms with Gasteiger partial charge in [-0.05, 0) is 38.9 Å². The lowest BCUT2D eigenvalue weighted by molar-refractivity contribution is 0.145. The van der Waals surface area contributed by atoms with Gasteiger partial charge in [0.2, 0.25) is 0 Å². The van der Waals surface area contributed by atoms with E-state index in [1.54, 1.807) is 7.05 Å². The Kier molecular flexibility index (Phi) is 15.1. The number of nitrogens with one attached hydrogen (secondary N) is 2. The van der Waals surface area contributed by atoms with E-state index in [0.29, 0.717) is 0 Å². The molecule has 0 spiro atoms. The molecule has 0 heterocycles. The van der Waals surface area contributed by atoms with Crippen molar-refractivity contribution >= 4 is 29.9 Å². The Morgan fingerprint density at radius 1 is 1.12 bits per heavy atom. The number of hydrogen-bond donors (Lipinski definition) is 2. The van der Waals surface area contributed by atoms with Gasteiger partial charge in [-0.25, -0.2) is 0 Å². The quantitative estimate of drug-likeness (QED) is 0.237. The average Bonchev–Trinajstić information content (AvgIpc) is 2.57. The Balaban J connectivity index is 0.00000529. The number of rotatable bonds is 11. The van der Waals surface area contributed by atoms with Gasteiger partial charge in [0.25, 0.3) is 0 Å². The monoisotopic (exact) mass is 448 g/mol. The zero-order valence-electron chi connectivity index (χ0n) is 15.3. The summed E-state index contributed by atoms with van der Waals surface area (Å²) in [5.41, 5.74) is 1.36. The van der Waals surface area contributed by atoms with Crippen LogP contribution in [0.4, 0.5) is 0 Å². The molecule has 0 atom stereocenters. The minimum atomic E-state index is 0. The molecule has 1 aromatic rings. The fourth-order valence-corrected chi connectivity index (χ4v) is 2.28. The van der Waals surface area contributed by atoms with Crippen molar-refractivity contribution in [3.8, 4) is 0 Å². The predicted molar refractivity (Wildman–Crippen MR) is 113 cm³/mol. The number of hydrogen-bond acceptors (Lipinski definition) is 3. The van der Waals surface area contributed by atoms with E-state index in [2.05, 4.69) is 57.9 Å². The summed E-state index contributed by atoms with van der Waals surface area (Å²) >= 11 is 0. The van der Waals surface area contributed by atoms with Gasteiger partial charge in [-0.2, -0.15) is 0 Å². The maximum Gasteiger partial charge on any atom is 0.190 e. The summed E-state index contributed by atoms with van der Waals surface area (Å²) in [5.74, 6) is 0.868. The molecule has 1 aromatic carbocycles. The van der Waals surface area contributed by atoms with Gasteiger partial charge in [-0.1, -0.05) is 30.3 Å². The van der Waals surface area contributed by atoms with Gasteiger partial charge in [0.05, 0.1) is 0 Å². The highest BCUT2D eigenvalue weighted by Crippen LogP contribution is 2.02. The van der Waals surface area contributed by atoms with E-state index in [1.165, 1.54) is 5.56 Å². The molecule has 1 rings (SSSR count). The highest BCUT2D eigenvalue weighted by molar-refractivity contribution is 14.0. The zero-order chi connectivity index (χ0) is 16.8. The number of benzene rings is 1. The first-order valence-electron chi connectivity index (χ1n) is 8.51. The lowest BCUT2D eigenvalue weighted by Crippen LogP contribution is -2.39. The molecule has 0 saturated heterocycles. The van der Waals surface area contributed by atoms with E-state index in [9.17, 15) is 0 Å². The molecule has 2 N–H and O–H groups in total. The summed E-state index contributed by atoms with van der Waals surface area (Å²) in [6, 6.07) is 10.6. The Bertz CT molecular complexity index is 428. The van der Waals surface area contributed by atoms with Crippen LogP contribution in [0.15, 0.2) is 35.3 Å². The number of ether oxygens (including phenoxy) is 1. The molecule has 5 nitrogen and oxygen atoms in total. The Morgan fingerprint density at radius 3 is 2.42 bits per heavy atom. The molecule has 138 valence electrons. The van der Waals surface area contributed by atoms with Crippen molar-refractivity contribution in [2.24, 2.45) is 4.99 Å². The summed E-state index contributed by atoms with van der Waals surface area (Å²) in [6.07, 6.45) is 2.08. The van der Waals surface area contributed by atoms with Crippen molar-refractivity contribution in [1.29, 1.82) is 0 Å². The van der Waals surface area contributed by atoms with Gasteiger partial charge in [-0.15, -0.1) is 24.0 Å². The lowest BCUT2D eigenvalue weighted by atomic mass is 10.2. The number of nitrogens with zero attached hydrogens (tertiary/aromatic N) is 2. The van der Waals surface area contributed by atoms with E-state index in [-0.39, 0.29) is 24.0 Å². The smallest absolute Gasteiger partial charge is 0.190 e. The van der Waals surface area contributed by atoms with Crippen LogP contribution in [0.3, 0.4) is 0 Å². The maximum atomic E-state index is 5.32. The van der Waals surface area contributed by atoms with Crippen LogP contribution in [-0.2, 0) is 11.3 Å². The summed E-state index contributed by atoms with van der Waals surface area (Å²) < 4.78 is 5.32. The van der Waals surface area contributed by atoms with E-state index < -0.39 is 0 Å². The summed E-state index contributed by atoms with van der Waals surface area (Å²) in [7, 11) is 3.97. The Morgan fingerprint density at radius 2 is 1.79 bits per heavy atom. The molecule has 0 amide bonds. The van der Waals surface area contributed by atoms with Gasteiger partial charge in [0.1, 0.15) is 0 Å². The van der Waals surface area contributed by atoms with Crippen LogP contribution in [0.5, 0.6) is 0 Å². The van der Waals surface area contributed by atoms with Gasteiger partial charge in [0, 0.05) is 39.9 Å². The van der Waals surface area contributed by atoms with E-state index in [4.69, 9.17) is 4.74 Å². The second kappa shape index (κ2) is 15.7. The molecule has 0 aliphatic rings. The Hall–Kier alpha value is -0.860. The van der Waals surface area contributed by atoms with Crippen LogP contribution in [0.1, 0.15) is 25.3 Å². The SMILES string of the molecule is CCOCCCNC(=NC)NCCCN(C)Cc1ccccc1.I. The van der Waals surface area contributed by atoms with Crippen LogP contribution < -0.4 is 10.6 Å². The van der Waals surface area contributed by atoms with Crippen molar-refractivity contribution in [1.82, 2.24) is 15.5 Å². The molecule has 0 bridgehead atoms. The van der Waals surface area contributed by atoms with Crippen molar-refractivity contribution in [3.05, 3.63) is 35.9 Å². The van der Waals surface area contributed by atoms with Crippen molar-refractivity contribution in [2.45, 2.75) is 26.3 Å². The van der Waals surface area contributed by atoms with Gasteiger partial charge >= 0.3 is 0 Å². The molecule has 0 unspecified atom stereocenters. The van der Waals surface area contributed by atoms with Crippen LogP contribution >= 0.6 is 24.0 Å². The molecule has 0 aliphatic heterocycles. The summed E-state index contributed by atoms with van der Waals surface area (Å²) in [6.45, 7) is 7.45. The van der Waals surface area contributed by atoms with Crippen molar-refractivity contribution in [2.75, 3.05) is 46.9 Å². The molecule has 6 heteroatoms. The third kappa shape index (κ3) is 11.6. The summed E-state index contributed by atoms with van der Waals surface area (Å²) in [4.78, 5) is 6.57. The molecule has 0 fully saturated rings. The van der Waals surface area contributed by atoms with Crippen LogP contribution in [-0.4, -0.2) is 57.8 Å². The average molecular weight is 448 g/mol. The van der Waals surface area contributed by atoms with Crippen LogP contribution in [0.25, 0.3) is 0 Å². The minimum Gasteiger partial charge on any atom is -0.382 e. The molecule has 0 aromatic heterocycles. The maximum absolute atomic E-state index is 5.32. The van der Waals surface area contributed by atoms with Crippen molar-refractivity contribution in [3.63, 3.8) is 0 Å². The second-order valence-corrected chi connectivity index (χ2v) is 5.55. The zero-order valence-corrected chi connectivity index (χ0v) is 17.6. The third-order valence-corrected chi connectivity index (χ3v) is 3.49. The normalized spacial score (nSPS) is 11.2. The first-order chi connectivity index (χ1) is 11.3. The Labute approximate surface area is 164 Å². The number of halogens is 1. The predicted octanol–water partition coefficient (Wildman–Crippen LogP) is 2.72. The first kappa shape index (κ1) is 23.1. The molecular formula is C18H33IN4O. The highest BCUT2D eigenvalue weighted by atomic mass is 127. The topological polar surface area (TPSA) is 48.9 Å². The van der Waals surface area contributed by atoms with Crippen LogP contribution in [0, 0.1) is 0 Å².